The van der Waals surface area contributed by atoms with Gasteiger partial charge in [-0.25, -0.2) is 9.18 Å². The number of rotatable bonds is 4. The molecule has 2 heterocycles. The summed E-state index contributed by atoms with van der Waals surface area (Å²) in [6.45, 7) is 1.38. The van der Waals surface area contributed by atoms with Gasteiger partial charge in [0, 0.05) is 26.4 Å². The number of hydrogen-bond acceptors (Lipinski definition) is 4. The Bertz CT molecular complexity index is 820. The maximum atomic E-state index is 14.5. The first-order valence-corrected chi connectivity index (χ1v) is 7.70. The van der Waals surface area contributed by atoms with E-state index in [1.54, 1.807) is 35.2 Å². The highest BCUT2D eigenvalue weighted by Crippen LogP contribution is 2.26. The van der Waals surface area contributed by atoms with Gasteiger partial charge >= 0.3 is 6.09 Å². The van der Waals surface area contributed by atoms with Gasteiger partial charge in [0.15, 0.2) is 6.23 Å². The van der Waals surface area contributed by atoms with Gasteiger partial charge in [-0.05, 0) is 29.8 Å². The lowest BCUT2D eigenvalue weighted by Gasteiger charge is -2.20. The third kappa shape index (κ3) is 3.20. The third-order valence-electron chi connectivity index (χ3n) is 4.18. The van der Waals surface area contributed by atoms with E-state index in [9.17, 15) is 14.0 Å². The number of carbonyl (C=O) groups is 2. The number of nitrogens with zero attached hydrogens (tertiary/aromatic N) is 3. The number of halogens is 1. The van der Waals surface area contributed by atoms with E-state index >= 15 is 0 Å². The highest BCUT2D eigenvalue weighted by Gasteiger charge is 2.36. The van der Waals surface area contributed by atoms with Crippen LogP contribution in [-0.4, -0.2) is 46.4 Å². The number of likely N-dealkylation sites (N-methyl/N-ethyl adjacent to an activating group) is 1. The summed E-state index contributed by atoms with van der Waals surface area (Å²) in [7, 11) is 1.54. The van der Waals surface area contributed by atoms with Crippen molar-refractivity contribution >= 4 is 17.7 Å². The number of cyclic esters (lactones) is 1. The van der Waals surface area contributed by atoms with Crippen LogP contribution in [0.3, 0.4) is 0 Å². The zero-order valence-electron chi connectivity index (χ0n) is 13.8. The Morgan fingerprint density at radius 1 is 1.44 bits per heavy atom. The molecule has 1 aromatic carbocycles. The Kier molecular flexibility index (Phi) is 4.45. The molecule has 0 aliphatic carbocycles. The van der Waals surface area contributed by atoms with E-state index in [-0.39, 0.29) is 19.1 Å². The van der Waals surface area contributed by atoms with Crippen LogP contribution in [-0.2, 0) is 16.1 Å². The molecule has 0 spiro atoms. The summed E-state index contributed by atoms with van der Waals surface area (Å²) in [4.78, 5) is 26.0. The summed E-state index contributed by atoms with van der Waals surface area (Å²) in [5, 5.41) is 9.10. The van der Waals surface area contributed by atoms with Crippen LogP contribution in [0.2, 0.25) is 0 Å². The second-order valence-corrected chi connectivity index (χ2v) is 5.80. The molecule has 0 radical (unpaired) electrons. The monoisotopic (exact) mass is 347 g/mol. The van der Waals surface area contributed by atoms with Crippen LogP contribution in [0, 0.1) is 5.82 Å². The van der Waals surface area contributed by atoms with Crippen LogP contribution in [0.5, 0.6) is 0 Å². The van der Waals surface area contributed by atoms with Crippen molar-refractivity contribution < 1.29 is 23.8 Å². The van der Waals surface area contributed by atoms with E-state index in [2.05, 4.69) is 0 Å². The Morgan fingerprint density at radius 2 is 2.20 bits per heavy atom. The molecule has 3 rings (SSSR count). The summed E-state index contributed by atoms with van der Waals surface area (Å²) in [6, 6.07) is 6.08. The largest absolute Gasteiger partial charge is 0.423 e. The van der Waals surface area contributed by atoms with E-state index in [0.29, 0.717) is 16.9 Å². The smallest absolute Gasteiger partial charge is 0.416 e. The minimum atomic E-state index is -0.704. The number of hydrogen-bond donors (Lipinski definition) is 1. The van der Waals surface area contributed by atoms with Gasteiger partial charge in [-0.15, -0.1) is 0 Å². The molecular weight excluding hydrogens is 329 g/mol. The predicted molar refractivity (Wildman–Crippen MR) is 87.7 cm³/mol. The van der Waals surface area contributed by atoms with E-state index in [1.807, 2.05) is 0 Å². The van der Waals surface area contributed by atoms with Gasteiger partial charge in [0.1, 0.15) is 5.82 Å². The fourth-order valence-corrected chi connectivity index (χ4v) is 2.62. The van der Waals surface area contributed by atoms with Crippen molar-refractivity contribution in [2.75, 3.05) is 18.5 Å². The fourth-order valence-electron chi connectivity index (χ4n) is 2.62. The first kappa shape index (κ1) is 17.0. The average Bonchev–Trinajstić information content (AvgIpc) is 3.20. The quantitative estimate of drug-likeness (QED) is 0.916. The number of benzene rings is 1. The van der Waals surface area contributed by atoms with E-state index in [0.717, 1.165) is 0 Å². The number of ether oxygens (including phenoxy) is 1. The molecule has 1 unspecified atom stereocenters. The maximum absolute atomic E-state index is 14.5. The molecule has 25 heavy (non-hydrogen) atoms. The lowest BCUT2D eigenvalue weighted by atomic mass is 10.2. The first-order chi connectivity index (χ1) is 11.9. The van der Waals surface area contributed by atoms with Crippen LogP contribution in [0.25, 0.3) is 5.69 Å². The summed E-state index contributed by atoms with van der Waals surface area (Å²) in [5.41, 5.74) is 1.32. The minimum absolute atomic E-state index is 0.128. The number of aliphatic hydroxyl groups excluding tert-OH is 1. The molecule has 7 nitrogen and oxygen atoms in total. The molecule has 2 aromatic rings. The molecule has 8 heteroatoms. The Labute approximate surface area is 143 Å². The van der Waals surface area contributed by atoms with E-state index in [1.165, 1.54) is 29.8 Å². The molecule has 1 saturated heterocycles. The summed E-state index contributed by atoms with van der Waals surface area (Å²) >= 11 is 0. The average molecular weight is 347 g/mol. The van der Waals surface area contributed by atoms with Crippen LogP contribution in [0.1, 0.15) is 12.5 Å². The molecule has 1 aliphatic heterocycles. The number of aliphatic hydroxyl groups is 1. The predicted octanol–water partition coefficient (Wildman–Crippen LogP) is 1.87. The van der Waals surface area contributed by atoms with Crippen LogP contribution in [0.15, 0.2) is 36.7 Å². The zero-order chi connectivity index (χ0) is 18.1. The van der Waals surface area contributed by atoms with Gasteiger partial charge in [-0.3, -0.25) is 9.69 Å². The topological polar surface area (TPSA) is 75.0 Å². The molecule has 1 atom stereocenters. The lowest BCUT2D eigenvalue weighted by Crippen LogP contribution is -2.38. The Morgan fingerprint density at radius 3 is 2.80 bits per heavy atom. The highest BCUT2D eigenvalue weighted by molar-refractivity contribution is 5.90. The molecule has 2 amide bonds. The first-order valence-electron chi connectivity index (χ1n) is 7.70. The SMILES string of the molecule is CC(=O)N(C)C1CN(c2ccc(-n3ccc(CO)c3)c(F)c2)C(=O)O1. The molecule has 1 aliphatic rings. The van der Waals surface area contributed by atoms with Gasteiger partial charge in [-0.1, -0.05) is 0 Å². The van der Waals surface area contributed by atoms with Gasteiger partial charge in [-0.2, -0.15) is 0 Å². The second kappa shape index (κ2) is 6.56. The van der Waals surface area contributed by atoms with Crippen LogP contribution in [0.4, 0.5) is 14.9 Å². The molecule has 1 N–H and O–H groups in total. The van der Waals surface area contributed by atoms with Gasteiger partial charge in [0.25, 0.3) is 0 Å². The number of carbonyl (C=O) groups excluding carboxylic acids is 2. The number of anilines is 1. The normalized spacial score (nSPS) is 16.9. The summed E-state index contributed by atoms with van der Waals surface area (Å²) < 4.78 is 21.2. The number of aromatic nitrogens is 1. The Balaban J connectivity index is 1.83. The van der Waals surface area contributed by atoms with Gasteiger partial charge in [0.2, 0.25) is 5.91 Å². The van der Waals surface area contributed by atoms with Gasteiger partial charge in [0.05, 0.1) is 24.5 Å². The summed E-state index contributed by atoms with van der Waals surface area (Å²) in [6.07, 6.45) is 1.93. The molecule has 1 fully saturated rings. The second-order valence-electron chi connectivity index (χ2n) is 5.80. The van der Waals surface area contributed by atoms with Crippen molar-refractivity contribution in [3.05, 3.63) is 48.0 Å². The van der Waals surface area contributed by atoms with Crippen LogP contribution >= 0.6 is 0 Å². The number of amides is 2. The molecule has 0 saturated carbocycles. The van der Waals surface area contributed by atoms with E-state index in [4.69, 9.17) is 9.84 Å². The van der Waals surface area contributed by atoms with Gasteiger partial charge < -0.3 is 19.3 Å². The third-order valence-corrected chi connectivity index (χ3v) is 4.18. The van der Waals surface area contributed by atoms with Crippen molar-refractivity contribution in [2.45, 2.75) is 19.8 Å². The fraction of sp³-hybridized carbons (Fsp3) is 0.294. The lowest BCUT2D eigenvalue weighted by molar-refractivity contribution is -0.134. The molecule has 1 aromatic heterocycles. The van der Waals surface area contributed by atoms with Crippen molar-refractivity contribution in [1.82, 2.24) is 9.47 Å². The van der Waals surface area contributed by atoms with Crippen molar-refractivity contribution in [3.8, 4) is 5.69 Å². The molecule has 132 valence electrons. The maximum Gasteiger partial charge on any atom is 0.416 e. The zero-order valence-corrected chi connectivity index (χ0v) is 13.8. The Hall–Kier alpha value is -2.87. The van der Waals surface area contributed by atoms with Crippen molar-refractivity contribution in [3.63, 3.8) is 0 Å². The highest BCUT2D eigenvalue weighted by atomic mass is 19.1. The molecule has 0 bridgehead atoms. The molecular formula is C17H18FN3O4. The van der Waals surface area contributed by atoms with Crippen LogP contribution < -0.4 is 4.90 Å². The summed E-state index contributed by atoms with van der Waals surface area (Å²) in [5.74, 6) is -0.748. The van der Waals surface area contributed by atoms with E-state index < -0.39 is 18.1 Å². The van der Waals surface area contributed by atoms with Crippen molar-refractivity contribution in [1.29, 1.82) is 0 Å². The minimum Gasteiger partial charge on any atom is -0.423 e. The standard InChI is InChI=1S/C17H18FN3O4/c1-11(23)19(2)16-9-21(17(24)25-16)13-3-4-15(14(18)7-13)20-6-5-12(8-20)10-22/h3-8,16,22H,9-10H2,1-2H3. The van der Waals surface area contributed by atoms with Crippen molar-refractivity contribution in [2.24, 2.45) is 0 Å².